The Morgan fingerprint density at radius 2 is 1.77 bits per heavy atom. The minimum absolute atomic E-state index is 0.204. The zero-order chi connectivity index (χ0) is 18.4. The second-order valence-electron chi connectivity index (χ2n) is 5.70. The smallest absolute Gasteiger partial charge is 0.255 e. The van der Waals surface area contributed by atoms with Crippen molar-refractivity contribution in [3.63, 3.8) is 0 Å². The molecule has 0 saturated heterocycles. The Bertz CT molecular complexity index is 880. The molecule has 132 valence electrons. The second kappa shape index (κ2) is 8.70. The van der Waals surface area contributed by atoms with Gasteiger partial charge >= 0.3 is 0 Å². The molecule has 4 nitrogen and oxygen atoms in total. The summed E-state index contributed by atoms with van der Waals surface area (Å²) < 4.78 is 0. The van der Waals surface area contributed by atoms with Crippen LogP contribution in [0.2, 0.25) is 10.0 Å². The van der Waals surface area contributed by atoms with Crippen molar-refractivity contribution in [3.8, 4) is 0 Å². The average Bonchev–Trinajstić information content (AvgIpc) is 2.64. The van der Waals surface area contributed by atoms with Crippen molar-refractivity contribution in [2.24, 2.45) is 0 Å². The summed E-state index contributed by atoms with van der Waals surface area (Å²) in [6.45, 7) is 0.740. The number of nitrogens with zero attached hydrogens (tertiary/aromatic N) is 1. The van der Waals surface area contributed by atoms with E-state index in [1.54, 1.807) is 30.5 Å². The molecule has 0 radical (unpaired) electrons. The predicted molar refractivity (Wildman–Crippen MR) is 107 cm³/mol. The van der Waals surface area contributed by atoms with Gasteiger partial charge in [-0.05, 0) is 60.5 Å². The van der Waals surface area contributed by atoms with Crippen LogP contribution in [0.25, 0.3) is 0 Å². The molecule has 0 aliphatic carbocycles. The molecule has 0 unspecified atom stereocenters. The maximum absolute atomic E-state index is 12.2. The number of anilines is 2. The van der Waals surface area contributed by atoms with Crippen LogP contribution in [-0.2, 0) is 6.42 Å². The van der Waals surface area contributed by atoms with Gasteiger partial charge in [-0.15, -0.1) is 0 Å². The van der Waals surface area contributed by atoms with E-state index in [0.717, 1.165) is 29.4 Å². The molecule has 0 spiro atoms. The lowest BCUT2D eigenvalue weighted by molar-refractivity contribution is 0.102. The van der Waals surface area contributed by atoms with Crippen molar-refractivity contribution in [3.05, 3.63) is 88.0 Å². The van der Waals surface area contributed by atoms with Crippen molar-refractivity contribution in [2.75, 3.05) is 17.2 Å². The number of benzene rings is 2. The highest BCUT2D eigenvalue weighted by Gasteiger charge is 2.06. The lowest BCUT2D eigenvalue weighted by Gasteiger charge is -2.08. The SMILES string of the molecule is O=C(Nc1ccc(NCCc2cccc(Cl)c2)nc1)c1ccc(Cl)cc1. The molecule has 1 amide bonds. The lowest BCUT2D eigenvalue weighted by atomic mass is 10.1. The third-order valence-electron chi connectivity index (χ3n) is 3.74. The Kier molecular flexibility index (Phi) is 6.10. The highest BCUT2D eigenvalue weighted by Crippen LogP contribution is 2.14. The zero-order valence-electron chi connectivity index (χ0n) is 13.9. The normalized spacial score (nSPS) is 10.4. The van der Waals surface area contributed by atoms with E-state index in [-0.39, 0.29) is 5.91 Å². The number of amides is 1. The predicted octanol–water partition coefficient (Wildman–Crippen LogP) is 5.30. The Hall–Kier alpha value is -2.56. The first-order valence-electron chi connectivity index (χ1n) is 8.11. The Balaban J connectivity index is 1.51. The van der Waals surface area contributed by atoms with E-state index in [1.165, 1.54) is 0 Å². The second-order valence-corrected chi connectivity index (χ2v) is 6.57. The fraction of sp³-hybridized carbons (Fsp3) is 0.100. The monoisotopic (exact) mass is 385 g/mol. The number of hydrogen-bond acceptors (Lipinski definition) is 3. The quantitative estimate of drug-likeness (QED) is 0.605. The number of halogens is 2. The highest BCUT2D eigenvalue weighted by atomic mass is 35.5. The first-order valence-corrected chi connectivity index (χ1v) is 8.87. The van der Waals surface area contributed by atoms with Gasteiger partial charge in [0.25, 0.3) is 5.91 Å². The molecule has 6 heteroatoms. The third-order valence-corrected chi connectivity index (χ3v) is 4.22. The summed E-state index contributed by atoms with van der Waals surface area (Å²) in [5, 5.41) is 7.39. The van der Waals surface area contributed by atoms with E-state index in [0.29, 0.717) is 16.3 Å². The molecule has 0 bridgehead atoms. The van der Waals surface area contributed by atoms with Gasteiger partial charge in [-0.3, -0.25) is 4.79 Å². The van der Waals surface area contributed by atoms with Gasteiger partial charge in [-0.2, -0.15) is 0 Å². The summed E-state index contributed by atoms with van der Waals surface area (Å²) in [7, 11) is 0. The average molecular weight is 386 g/mol. The summed E-state index contributed by atoms with van der Waals surface area (Å²) in [5.74, 6) is 0.543. The Labute approximate surface area is 162 Å². The standard InChI is InChI=1S/C20H17Cl2N3O/c21-16-6-4-15(5-7-16)20(26)25-18-8-9-19(24-13-18)23-11-10-14-2-1-3-17(22)12-14/h1-9,12-13H,10-11H2,(H,23,24)(H,25,26). The lowest BCUT2D eigenvalue weighted by Crippen LogP contribution is -2.12. The Morgan fingerprint density at radius 1 is 0.962 bits per heavy atom. The van der Waals surface area contributed by atoms with Crippen LogP contribution < -0.4 is 10.6 Å². The molecule has 26 heavy (non-hydrogen) atoms. The van der Waals surface area contributed by atoms with Crippen molar-refractivity contribution >= 4 is 40.6 Å². The number of carbonyl (C=O) groups is 1. The van der Waals surface area contributed by atoms with Crippen LogP contribution in [-0.4, -0.2) is 17.4 Å². The third kappa shape index (κ3) is 5.22. The van der Waals surface area contributed by atoms with E-state index in [4.69, 9.17) is 23.2 Å². The van der Waals surface area contributed by atoms with E-state index in [1.807, 2.05) is 36.4 Å². The van der Waals surface area contributed by atoms with Gasteiger partial charge in [0.05, 0.1) is 11.9 Å². The van der Waals surface area contributed by atoms with Crippen molar-refractivity contribution in [1.82, 2.24) is 4.98 Å². The molecule has 0 aliphatic rings. The van der Waals surface area contributed by atoms with Crippen LogP contribution in [0.4, 0.5) is 11.5 Å². The van der Waals surface area contributed by atoms with Crippen LogP contribution in [0.3, 0.4) is 0 Å². The van der Waals surface area contributed by atoms with Gasteiger partial charge in [0.2, 0.25) is 0 Å². The summed E-state index contributed by atoms with van der Waals surface area (Å²) in [6, 6.07) is 18.1. The summed E-state index contributed by atoms with van der Waals surface area (Å²) in [5.41, 5.74) is 2.33. The first kappa shape index (κ1) is 18.2. The molecular weight excluding hydrogens is 369 g/mol. The van der Waals surface area contributed by atoms with Crippen LogP contribution in [0.5, 0.6) is 0 Å². The molecule has 2 aromatic carbocycles. The van der Waals surface area contributed by atoms with E-state index in [2.05, 4.69) is 15.6 Å². The molecule has 2 N–H and O–H groups in total. The minimum atomic E-state index is -0.204. The zero-order valence-corrected chi connectivity index (χ0v) is 15.4. The maximum atomic E-state index is 12.2. The van der Waals surface area contributed by atoms with Gasteiger partial charge < -0.3 is 10.6 Å². The molecular formula is C20H17Cl2N3O. The number of pyridine rings is 1. The fourth-order valence-electron chi connectivity index (χ4n) is 2.40. The van der Waals surface area contributed by atoms with Gasteiger partial charge in [-0.1, -0.05) is 35.3 Å². The van der Waals surface area contributed by atoms with Crippen LogP contribution >= 0.6 is 23.2 Å². The topological polar surface area (TPSA) is 54.0 Å². The van der Waals surface area contributed by atoms with Crippen molar-refractivity contribution in [1.29, 1.82) is 0 Å². The molecule has 1 heterocycles. The van der Waals surface area contributed by atoms with Crippen LogP contribution in [0.15, 0.2) is 66.9 Å². The summed E-state index contributed by atoms with van der Waals surface area (Å²) >= 11 is 11.8. The molecule has 1 aromatic heterocycles. The van der Waals surface area contributed by atoms with Crippen molar-refractivity contribution in [2.45, 2.75) is 6.42 Å². The van der Waals surface area contributed by atoms with E-state index in [9.17, 15) is 4.79 Å². The van der Waals surface area contributed by atoms with Gasteiger partial charge in [0.1, 0.15) is 5.82 Å². The van der Waals surface area contributed by atoms with Gasteiger partial charge in [-0.25, -0.2) is 4.98 Å². The Morgan fingerprint density at radius 3 is 2.46 bits per heavy atom. The molecule has 3 aromatic rings. The number of aromatic nitrogens is 1. The maximum Gasteiger partial charge on any atom is 0.255 e. The molecule has 0 saturated carbocycles. The van der Waals surface area contributed by atoms with E-state index < -0.39 is 0 Å². The minimum Gasteiger partial charge on any atom is -0.370 e. The first-order chi connectivity index (χ1) is 12.6. The largest absolute Gasteiger partial charge is 0.370 e. The summed E-state index contributed by atoms with van der Waals surface area (Å²) in [4.78, 5) is 16.5. The summed E-state index contributed by atoms with van der Waals surface area (Å²) in [6.07, 6.45) is 2.47. The molecule has 0 fully saturated rings. The van der Waals surface area contributed by atoms with Gasteiger partial charge in [0.15, 0.2) is 0 Å². The van der Waals surface area contributed by atoms with Crippen LogP contribution in [0, 0.1) is 0 Å². The van der Waals surface area contributed by atoms with E-state index >= 15 is 0 Å². The number of rotatable bonds is 6. The number of carbonyl (C=O) groups excluding carboxylic acids is 1. The van der Waals surface area contributed by atoms with Crippen LogP contribution in [0.1, 0.15) is 15.9 Å². The molecule has 3 rings (SSSR count). The molecule has 0 atom stereocenters. The number of nitrogens with one attached hydrogen (secondary N) is 2. The number of hydrogen-bond donors (Lipinski definition) is 2. The highest BCUT2D eigenvalue weighted by molar-refractivity contribution is 6.31. The van der Waals surface area contributed by atoms with Gasteiger partial charge in [0, 0.05) is 22.2 Å². The fourth-order valence-corrected chi connectivity index (χ4v) is 2.74. The van der Waals surface area contributed by atoms with Crippen molar-refractivity contribution < 1.29 is 4.79 Å². The molecule has 0 aliphatic heterocycles.